The standard InChI is InChI=1S/C22H27NO2/c1-24-21-16-19-10-5-6-11-20(19)22(25-21)13-7-14-23(17-22)15-12-18-8-3-2-4-9-18/h2-6,8-11,21H,7,12-17H2,1H3/t21-,22-/m1/s1. The quantitative estimate of drug-likeness (QED) is 0.848. The molecule has 4 rings (SSSR count). The van der Waals surface area contributed by atoms with Crippen molar-refractivity contribution in [2.75, 3.05) is 26.7 Å². The number of piperidine rings is 1. The molecular formula is C22H27NO2. The summed E-state index contributed by atoms with van der Waals surface area (Å²) in [6, 6.07) is 19.5. The Hall–Kier alpha value is -1.68. The first-order valence-electron chi connectivity index (χ1n) is 9.34. The van der Waals surface area contributed by atoms with Gasteiger partial charge in [-0.1, -0.05) is 54.6 Å². The van der Waals surface area contributed by atoms with Gasteiger partial charge in [-0.2, -0.15) is 0 Å². The van der Waals surface area contributed by atoms with Crippen LogP contribution in [0.1, 0.15) is 29.5 Å². The molecule has 0 amide bonds. The zero-order chi connectivity index (χ0) is 17.1. The highest BCUT2D eigenvalue weighted by Gasteiger charge is 2.44. The lowest BCUT2D eigenvalue weighted by Crippen LogP contribution is -2.52. The van der Waals surface area contributed by atoms with Crippen LogP contribution in [0.15, 0.2) is 54.6 Å². The van der Waals surface area contributed by atoms with E-state index in [1.807, 2.05) is 0 Å². The predicted octanol–water partition coefficient (Wildman–Crippen LogP) is 3.77. The maximum Gasteiger partial charge on any atom is 0.162 e. The number of nitrogens with zero attached hydrogens (tertiary/aromatic N) is 1. The number of methoxy groups -OCH3 is 1. The van der Waals surface area contributed by atoms with Crippen molar-refractivity contribution in [1.29, 1.82) is 0 Å². The minimum absolute atomic E-state index is 0.135. The molecule has 2 aromatic rings. The van der Waals surface area contributed by atoms with Crippen molar-refractivity contribution in [2.24, 2.45) is 0 Å². The Morgan fingerprint density at radius 3 is 2.76 bits per heavy atom. The summed E-state index contributed by atoms with van der Waals surface area (Å²) in [5.74, 6) is 0. The van der Waals surface area contributed by atoms with E-state index in [4.69, 9.17) is 9.47 Å². The highest BCUT2D eigenvalue weighted by Crippen LogP contribution is 2.42. The van der Waals surface area contributed by atoms with Crippen LogP contribution in [0.5, 0.6) is 0 Å². The number of likely N-dealkylation sites (tertiary alicyclic amines) is 1. The minimum atomic E-state index is -0.218. The monoisotopic (exact) mass is 337 g/mol. The summed E-state index contributed by atoms with van der Waals surface area (Å²) in [6.45, 7) is 3.18. The number of hydrogen-bond donors (Lipinski definition) is 0. The highest BCUT2D eigenvalue weighted by atomic mass is 16.7. The van der Waals surface area contributed by atoms with Crippen LogP contribution in [-0.2, 0) is 27.9 Å². The van der Waals surface area contributed by atoms with E-state index in [2.05, 4.69) is 59.5 Å². The van der Waals surface area contributed by atoms with Gasteiger partial charge in [-0.15, -0.1) is 0 Å². The summed E-state index contributed by atoms with van der Waals surface area (Å²) in [6.07, 6.45) is 4.04. The molecule has 0 bridgehead atoms. The van der Waals surface area contributed by atoms with Crippen LogP contribution in [0.25, 0.3) is 0 Å². The van der Waals surface area contributed by atoms with Crippen LogP contribution in [0.4, 0.5) is 0 Å². The van der Waals surface area contributed by atoms with Crippen molar-refractivity contribution in [3.8, 4) is 0 Å². The summed E-state index contributed by atoms with van der Waals surface area (Å²) < 4.78 is 12.1. The van der Waals surface area contributed by atoms with Gasteiger partial charge >= 0.3 is 0 Å². The summed E-state index contributed by atoms with van der Waals surface area (Å²) in [5.41, 5.74) is 3.94. The predicted molar refractivity (Wildman–Crippen MR) is 99.5 cm³/mol. The van der Waals surface area contributed by atoms with Crippen LogP contribution in [0.3, 0.4) is 0 Å². The zero-order valence-corrected chi connectivity index (χ0v) is 15.0. The number of benzene rings is 2. The first-order valence-corrected chi connectivity index (χ1v) is 9.34. The lowest BCUT2D eigenvalue weighted by atomic mass is 9.80. The number of hydrogen-bond acceptors (Lipinski definition) is 3. The van der Waals surface area contributed by atoms with Crippen molar-refractivity contribution < 1.29 is 9.47 Å². The molecule has 0 unspecified atom stereocenters. The lowest BCUT2D eigenvalue weighted by molar-refractivity contribution is -0.228. The Kier molecular flexibility index (Phi) is 4.89. The van der Waals surface area contributed by atoms with Gasteiger partial charge in [-0.25, -0.2) is 0 Å². The van der Waals surface area contributed by atoms with Crippen LogP contribution >= 0.6 is 0 Å². The van der Waals surface area contributed by atoms with Gasteiger partial charge in [0.25, 0.3) is 0 Å². The van der Waals surface area contributed by atoms with E-state index in [1.54, 1.807) is 7.11 Å². The second-order valence-corrected chi connectivity index (χ2v) is 7.25. The molecule has 2 aliphatic rings. The van der Waals surface area contributed by atoms with E-state index >= 15 is 0 Å². The molecule has 0 N–H and O–H groups in total. The van der Waals surface area contributed by atoms with E-state index in [-0.39, 0.29) is 11.9 Å². The molecule has 3 heteroatoms. The van der Waals surface area contributed by atoms with Crippen LogP contribution in [-0.4, -0.2) is 37.9 Å². The first kappa shape index (κ1) is 16.8. The van der Waals surface area contributed by atoms with Crippen molar-refractivity contribution in [2.45, 2.75) is 37.6 Å². The first-order chi connectivity index (χ1) is 12.3. The van der Waals surface area contributed by atoms with Crippen LogP contribution < -0.4 is 0 Å². The third kappa shape index (κ3) is 3.50. The largest absolute Gasteiger partial charge is 0.355 e. The molecule has 2 aromatic carbocycles. The fourth-order valence-corrected chi connectivity index (χ4v) is 4.36. The molecule has 3 nitrogen and oxygen atoms in total. The molecular weight excluding hydrogens is 310 g/mol. The lowest BCUT2D eigenvalue weighted by Gasteiger charge is -2.48. The summed E-state index contributed by atoms with van der Waals surface area (Å²) in [7, 11) is 1.75. The smallest absolute Gasteiger partial charge is 0.162 e. The Balaban J connectivity index is 1.53. The number of fused-ring (bicyclic) bond motifs is 2. The van der Waals surface area contributed by atoms with Gasteiger partial charge in [0.05, 0.1) is 0 Å². The van der Waals surface area contributed by atoms with E-state index in [0.29, 0.717) is 0 Å². The maximum absolute atomic E-state index is 6.51. The van der Waals surface area contributed by atoms with Crippen molar-refractivity contribution >= 4 is 0 Å². The van der Waals surface area contributed by atoms with Gasteiger partial charge in [-0.05, 0) is 42.5 Å². The number of ether oxygens (including phenoxy) is 2. The van der Waals surface area contributed by atoms with Crippen molar-refractivity contribution in [3.05, 3.63) is 71.3 Å². The van der Waals surface area contributed by atoms with E-state index in [9.17, 15) is 0 Å². The van der Waals surface area contributed by atoms with Gasteiger partial charge in [0.1, 0.15) is 5.60 Å². The minimum Gasteiger partial charge on any atom is -0.355 e. The molecule has 1 saturated heterocycles. The summed E-state index contributed by atoms with van der Waals surface area (Å²) in [5, 5.41) is 0. The molecule has 2 heterocycles. The Labute approximate surface area is 150 Å². The SMILES string of the molecule is CO[C@H]1Cc2ccccc2[C@]2(CCCN(CCc3ccccc3)C2)O1. The topological polar surface area (TPSA) is 21.7 Å². The fraction of sp³-hybridized carbons (Fsp3) is 0.455. The summed E-state index contributed by atoms with van der Waals surface area (Å²) >= 11 is 0. The van der Waals surface area contributed by atoms with E-state index in [1.165, 1.54) is 23.1 Å². The van der Waals surface area contributed by atoms with Crippen LogP contribution in [0, 0.1) is 0 Å². The van der Waals surface area contributed by atoms with Gasteiger partial charge < -0.3 is 9.47 Å². The Morgan fingerprint density at radius 1 is 1.12 bits per heavy atom. The highest BCUT2D eigenvalue weighted by molar-refractivity contribution is 5.35. The van der Waals surface area contributed by atoms with Gasteiger partial charge in [0.15, 0.2) is 6.29 Å². The molecule has 2 atom stereocenters. The Morgan fingerprint density at radius 2 is 1.92 bits per heavy atom. The molecule has 0 radical (unpaired) electrons. The van der Waals surface area contributed by atoms with Crippen LogP contribution in [0.2, 0.25) is 0 Å². The van der Waals surface area contributed by atoms with E-state index in [0.717, 1.165) is 38.9 Å². The maximum atomic E-state index is 6.51. The van der Waals surface area contributed by atoms with Crippen molar-refractivity contribution in [3.63, 3.8) is 0 Å². The number of rotatable bonds is 4. The molecule has 0 aromatic heterocycles. The van der Waals surface area contributed by atoms with Crippen molar-refractivity contribution in [1.82, 2.24) is 4.90 Å². The zero-order valence-electron chi connectivity index (χ0n) is 15.0. The molecule has 2 aliphatic heterocycles. The fourth-order valence-electron chi connectivity index (χ4n) is 4.36. The average molecular weight is 337 g/mol. The second-order valence-electron chi connectivity index (χ2n) is 7.25. The normalized spacial score (nSPS) is 26.5. The molecule has 1 fully saturated rings. The molecule has 0 saturated carbocycles. The average Bonchev–Trinajstić information content (AvgIpc) is 2.67. The molecule has 0 aliphatic carbocycles. The molecule has 132 valence electrons. The van der Waals surface area contributed by atoms with E-state index < -0.39 is 0 Å². The summed E-state index contributed by atoms with van der Waals surface area (Å²) in [4.78, 5) is 2.56. The van der Waals surface area contributed by atoms with Gasteiger partial charge in [0.2, 0.25) is 0 Å². The molecule has 1 spiro atoms. The molecule has 25 heavy (non-hydrogen) atoms. The second kappa shape index (κ2) is 7.28. The Bertz CT molecular complexity index is 702. The van der Waals surface area contributed by atoms with Gasteiger partial charge in [-0.3, -0.25) is 4.90 Å². The van der Waals surface area contributed by atoms with Gasteiger partial charge in [0, 0.05) is 26.6 Å². The third-order valence-electron chi connectivity index (χ3n) is 5.61. The third-order valence-corrected chi connectivity index (χ3v) is 5.61.